The molecule has 2 amide bonds. The topological polar surface area (TPSA) is 73.5 Å². The van der Waals surface area contributed by atoms with Crippen molar-refractivity contribution in [2.75, 3.05) is 45.8 Å². The van der Waals surface area contributed by atoms with E-state index in [1.165, 1.54) is 24.3 Å². The van der Waals surface area contributed by atoms with Crippen molar-refractivity contribution in [3.05, 3.63) is 35.6 Å². The lowest BCUT2D eigenvalue weighted by Gasteiger charge is -2.27. The predicted octanol–water partition coefficient (Wildman–Crippen LogP) is 1.17. The van der Waals surface area contributed by atoms with Crippen molar-refractivity contribution in [1.82, 2.24) is 20.9 Å². The number of carbonyl (C=O) groups excluding carboxylic acids is 2. The first-order chi connectivity index (χ1) is 12.1. The zero-order chi connectivity index (χ0) is 17.9. The standard InChI is InChI=1S/C18H27FN4O2.ClH/c19-16-6-4-15(5-7-16)18(25)22-8-1-3-17(24)21-9-2-12-23-13-10-20-11-14-23;/h4-7,20H,1-3,8-14H2,(H,21,24)(H,22,25);1H. The third-order valence-electron chi connectivity index (χ3n) is 4.16. The van der Waals surface area contributed by atoms with Crippen molar-refractivity contribution in [2.24, 2.45) is 0 Å². The summed E-state index contributed by atoms with van der Waals surface area (Å²) in [5, 5.41) is 8.96. The molecule has 3 N–H and O–H groups in total. The Morgan fingerprint density at radius 2 is 1.69 bits per heavy atom. The van der Waals surface area contributed by atoms with Gasteiger partial charge in [0.05, 0.1) is 0 Å². The van der Waals surface area contributed by atoms with Gasteiger partial charge in [-0.15, -0.1) is 12.4 Å². The van der Waals surface area contributed by atoms with E-state index in [1.54, 1.807) is 0 Å². The molecule has 0 saturated carbocycles. The third-order valence-corrected chi connectivity index (χ3v) is 4.16. The molecule has 8 heteroatoms. The molecule has 1 aliphatic rings. The van der Waals surface area contributed by atoms with Crippen LogP contribution in [-0.2, 0) is 4.79 Å². The zero-order valence-electron chi connectivity index (χ0n) is 14.9. The second kappa shape index (κ2) is 12.6. The van der Waals surface area contributed by atoms with Crippen LogP contribution in [0.3, 0.4) is 0 Å². The first-order valence-electron chi connectivity index (χ1n) is 8.89. The van der Waals surface area contributed by atoms with Gasteiger partial charge in [-0.2, -0.15) is 0 Å². The molecule has 1 aromatic carbocycles. The quantitative estimate of drug-likeness (QED) is 0.557. The molecule has 1 fully saturated rings. The van der Waals surface area contributed by atoms with E-state index in [-0.39, 0.29) is 30.0 Å². The normalized spacial score (nSPS) is 14.3. The number of carbonyl (C=O) groups is 2. The van der Waals surface area contributed by atoms with E-state index >= 15 is 0 Å². The summed E-state index contributed by atoms with van der Waals surface area (Å²) in [4.78, 5) is 26.0. The van der Waals surface area contributed by atoms with Crippen LogP contribution in [0.5, 0.6) is 0 Å². The van der Waals surface area contributed by atoms with Gasteiger partial charge in [0.25, 0.3) is 5.91 Å². The van der Waals surface area contributed by atoms with Gasteiger partial charge in [0.1, 0.15) is 5.82 Å². The molecule has 0 radical (unpaired) electrons. The molecular weight excluding hydrogens is 359 g/mol. The summed E-state index contributed by atoms with van der Waals surface area (Å²) in [5.41, 5.74) is 0.416. The number of rotatable bonds is 9. The summed E-state index contributed by atoms with van der Waals surface area (Å²) in [7, 11) is 0. The van der Waals surface area contributed by atoms with E-state index in [0.29, 0.717) is 31.5 Å². The van der Waals surface area contributed by atoms with Gasteiger partial charge in [-0.3, -0.25) is 9.59 Å². The summed E-state index contributed by atoms with van der Waals surface area (Å²) in [6.45, 7) is 6.33. The summed E-state index contributed by atoms with van der Waals surface area (Å²) in [6.07, 6.45) is 1.92. The highest BCUT2D eigenvalue weighted by Crippen LogP contribution is 2.02. The van der Waals surface area contributed by atoms with Gasteiger partial charge >= 0.3 is 0 Å². The number of halogens is 2. The Balaban J connectivity index is 0.00000338. The van der Waals surface area contributed by atoms with Crippen molar-refractivity contribution in [3.8, 4) is 0 Å². The van der Waals surface area contributed by atoms with E-state index in [9.17, 15) is 14.0 Å². The third kappa shape index (κ3) is 8.60. The van der Waals surface area contributed by atoms with Crippen molar-refractivity contribution in [2.45, 2.75) is 19.3 Å². The van der Waals surface area contributed by atoms with Gasteiger partial charge in [-0.05, 0) is 43.7 Å². The number of piperazine rings is 1. The number of hydrogen-bond acceptors (Lipinski definition) is 4. The average Bonchev–Trinajstić information content (AvgIpc) is 2.63. The molecule has 2 rings (SSSR count). The largest absolute Gasteiger partial charge is 0.356 e. The molecule has 1 heterocycles. The van der Waals surface area contributed by atoms with Crippen LogP contribution in [-0.4, -0.2) is 62.5 Å². The minimum Gasteiger partial charge on any atom is -0.356 e. The Labute approximate surface area is 160 Å². The lowest BCUT2D eigenvalue weighted by Crippen LogP contribution is -2.44. The average molecular weight is 387 g/mol. The zero-order valence-corrected chi connectivity index (χ0v) is 15.7. The van der Waals surface area contributed by atoms with Crippen LogP contribution in [0.2, 0.25) is 0 Å². The molecule has 1 aromatic rings. The maximum absolute atomic E-state index is 12.8. The molecule has 0 aromatic heterocycles. The van der Waals surface area contributed by atoms with Crippen molar-refractivity contribution in [3.63, 3.8) is 0 Å². The van der Waals surface area contributed by atoms with Crippen LogP contribution in [0, 0.1) is 5.82 Å². The maximum atomic E-state index is 12.8. The van der Waals surface area contributed by atoms with Crippen molar-refractivity contribution < 1.29 is 14.0 Å². The van der Waals surface area contributed by atoms with Gasteiger partial charge in [0.2, 0.25) is 5.91 Å². The molecule has 0 spiro atoms. The Morgan fingerprint density at radius 1 is 1.04 bits per heavy atom. The molecule has 146 valence electrons. The molecule has 0 atom stereocenters. The highest BCUT2D eigenvalue weighted by molar-refractivity contribution is 5.94. The van der Waals surface area contributed by atoms with E-state index < -0.39 is 0 Å². The number of benzene rings is 1. The predicted molar refractivity (Wildman–Crippen MR) is 102 cm³/mol. The smallest absolute Gasteiger partial charge is 0.251 e. The van der Waals surface area contributed by atoms with Crippen LogP contribution in [0.15, 0.2) is 24.3 Å². The minimum absolute atomic E-state index is 0. The maximum Gasteiger partial charge on any atom is 0.251 e. The van der Waals surface area contributed by atoms with Gasteiger partial charge in [0, 0.05) is 51.3 Å². The van der Waals surface area contributed by atoms with E-state index in [0.717, 1.165) is 39.1 Å². The van der Waals surface area contributed by atoms with Crippen LogP contribution in [0.25, 0.3) is 0 Å². The monoisotopic (exact) mass is 386 g/mol. The van der Waals surface area contributed by atoms with Gasteiger partial charge < -0.3 is 20.9 Å². The van der Waals surface area contributed by atoms with Crippen LogP contribution >= 0.6 is 12.4 Å². The van der Waals surface area contributed by atoms with Crippen LogP contribution in [0.4, 0.5) is 4.39 Å². The highest BCUT2D eigenvalue weighted by Gasteiger charge is 2.09. The molecule has 1 saturated heterocycles. The molecule has 1 aliphatic heterocycles. The SMILES string of the molecule is Cl.O=C(CCCNC(=O)c1ccc(F)cc1)NCCCN1CCNCC1. The lowest BCUT2D eigenvalue weighted by atomic mass is 10.2. The number of hydrogen-bond donors (Lipinski definition) is 3. The Bertz CT molecular complexity index is 551. The summed E-state index contributed by atoms with van der Waals surface area (Å²) in [6, 6.07) is 5.39. The molecule has 0 bridgehead atoms. The fourth-order valence-electron chi connectivity index (χ4n) is 2.71. The molecular formula is C18H28ClFN4O2. The fourth-order valence-corrected chi connectivity index (χ4v) is 2.71. The second-order valence-corrected chi connectivity index (χ2v) is 6.16. The molecule has 0 aliphatic carbocycles. The second-order valence-electron chi connectivity index (χ2n) is 6.16. The Kier molecular flexibility index (Phi) is 10.8. The van der Waals surface area contributed by atoms with Crippen LogP contribution < -0.4 is 16.0 Å². The minimum atomic E-state index is -0.370. The summed E-state index contributed by atoms with van der Waals surface area (Å²) < 4.78 is 12.8. The van der Waals surface area contributed by atoms with Gasteiger partial charge in [-0.25, -0.2) is 4.39 Å². The number of nitrogens with zero attached hydrogens (tertiary/aromatic N) is 1. The number of amides is 2. The van der Waals surface area contributed by atoms with Crippen LogP contribution in [0.1, 0.15) is 29.6 Å². The molecule has 26 heavy (non-hydrogen) atoms. The Morgan fingerprint density at radius 3 is 2.38 bits per heavy atom. The van der Waals surface area contributed by atoms with E-state index in [1.807, 2.05) is 0 Å². The summed E-state index contributed by atoms with van der Waals surface area (Å²) in [5.74, 6) is -0.613. The van der Waals surface area contributed by atoms with E-state index in [4.69, 9.17) is 0 Å². The molecule has 0 unspecified atom stereocenters. The van der Waals surface area contributed by atoms with E-state index in [2.05, 4.69) is 20.9 Å². The molecule has 6 nitrogen and oxygen atoms in total. The summed E-state index contributed by atoms with van der Waals surface area (Å²) >= 11 is 0. The number of nitrogens with one attached hydrogen (secondary N) is 3. The van der Waals surface area contributed by atoms with Crippen molar-refractivity contribution in [1.29, 1.82) is 0 Å². The highest BCUT2D eigenvalue weighted by atomic mass is 35.5. The van der Waals surface area contributed by atoms with Crippen molar-refractivity contribution >= 4 is 24.2 Å². The Hall–Kier alpha value is -1.70. The fraction of sp³-hybridized carbons (Fsp3) is 0.556. The first kappa shape index (κ1) is 22.3. The van der Waals surface area contributed by atoms with Gasteiger partial charge in [0.15, 0.2) is 0 Å². The van der Waals surface area contributed by atoms with Gasteiger partial charge in [-0.1, -0.05) is 0 Å². The lowest BCUT2D eigenvalue weighted by molar-refractivity contribution is -0.121. The first-order valence-corrected chi connectivity index (χ1v) is 8.89.